The number of carbonyl (C=O) groups excluding carboxylic acids is 2. The maximum atomic E-state index is 12.8. The first-order valence-electron chi connectivity index (χ1n) is 20.0. The molecule has 2 saturated heterocycles. The number of carbonyl (C=O) groups is 2. The number of amides is 2. The van der Waals surface area contributed by atoms with Crippen molar-refractivity contribution in [2.75, 3.05) is 0 Å². The standard InChI is InChI=1S/C23H23Cl2F2NO2.C22H23Cl2NO2.CHClF2/c1-12-20-19(13-3-5-14(24)6-4-13)17(9-10-23(20,2)21(29)28-12)16-8-7-15(11-18(16)25)30-22(26)27;1-12-20-19(13-3-5-14(23)6-4-13)17(9-10-22(20,2)21(27)25-12)16-8-7-15(26)11-18(16)24;2-1(3)4/h3-8,11-12,17,19-20,22H,9-10H2,1-2H3,(H,28,29);3-8,11-12,17,19-20,26H,9-10H2,1-2H3,(H,25,27);1H/t12-,17+,19+,20+,23-;12-,17+,19+,20+,22-;/m11./s1. The lowest BCUT2D eigenvalue weighted by molar-refractivity contribution is -0.130. The fourth-order valence-electron chi connectivity index (χ4n) is 10.8. The molecule has 0 radical (unpaired) electrons. The van der Waals surface area contributed by atoms with Crippen LogP contribution in [-0.2, 0) is 9.59 Å². The van der Waals surface area contributed by atoms with Gasteiger partial charge in [0.25, 0.3) is 0 Å². The van der Waals surface area contributed by atoms with Crippen LogP contribution in [0.1, 0.15) is 99.3 Å². The van der Waals surface area contributed by atoms with Crippen molar-refractivity contribution in [1.82, 2.24) is 10.6 Å². The second kappa shape index (κ2) is 19.1. The third-order valence-electron chi connectivity index (χ3n) is 13.4. The van der Waals surface area contributed by atoms with E-state index in [1.54, 1.807) is 18.2 Å². The van der Waals surface area contributed by atoms with Crippen LogP contribution in [0.25, 0.3) is 0 Å². The molecule has 6 nitrogen and oxygen atoms in total. The molecule has 61 heavy (non-hydrogen) atoms. The summed E-state index contributed by atoms with van der Waals surface area (Å²) in [6.07, 6.45) is 3.17. The lowest BCUT2D eigenvalue weighted by Gasteiger charge is -2.46. The van der Waals surface area contributed by atoms with E-state index in [1.165, 1.54) is 17.7 Å². The topological polar surface area (TPSA) is 87.7 Å². The Morgan fingerprint density at radius 1 is 0.656 bits per heavy atom. The molecule has 2 aliphatic heterocycles. The minimum Gasteiger partial charge on any atom is -0.508 e. The van der Waals surface area contributed by atoms with Crippen LogP contribution in [0.4, 0.5) is 17.6 Å². The molecule has 3 N–H and O–H groups in total. The molecular formula is C46H47Cl5F4N2O4. The molecule has 2 saturated carbocycles. The van der Waals surface area contributed by atoms with Crippen LogP contribution in [0.5, 0.6) is 11.5 Å². The molecule has 4 aromatic rings. The van der Waals surface area contributed by atoms with E-state index in [1.807, 2.05) is 56.3 Å². The van der Waals surface area contributed by atoms with E-state index in [-0.39, 0.29) is 76.3 Å². The summed E-state index contributed by atoms with van der Waals surface area (Å²) in [6, 6.07) is 25.7. The molecule has 328 valence electrons. The number of alkyl halides is 5. The van der Waals surface area contributed by atoms with Crippen LogP contribution >= 0.6 is 58.0 Å². The Bertz CT molecular complexity index is 2200. The smallest absolute Gasteiger partial charge is 0.387 e. The van der Waals surface area contributed by atoms with E-state index in [4.69, 9.17) is 46.4 Å². The van der Waals surface area contributed by atoms with Crippen LogP contribution in [0.15, 0.2) is 84.9 Å². The lowest BCUT2D eigenvalue weighted by Crippen LogP contribution is -2.42. The van der Waals surface area contributed by atoms with Crippen LogP contribution in [0.3, 0.4) is 0 Å². The van der Waals surface area contributed by atoms with E-state index in [0.717, 1.165) is 42.4 Å². The van der Waals surface area contributed by atoms with Gasteiger partial charge >= 0.3 is 12.5 Å². The van der Waals surface area contributed by atoms with Gasteiger partial charge in [0.2, 0.25) is 11.8 Å². The summed E-state index contributed by atoms with van der Waals surface area (Å²) in [5.74, 6) is -1.66. The highest BCUT2D eigenvalue weighted by molar-refractivity contribution is 6.32. The van der Waals surface area contributed by atoms with Gasteiger partial charge in [-0.15, -0.1) is 0 Å². The second-order valence-corrected chi connectivity index (χ2v) is 18.9. The minimum absolute atomic E-state index is 0.00573. The predicted octanol–water partition coefficient (Wildman–Crippen LogP) is 13.3. The quantitative estimate of drug-likeness (QED) is 0.133. The highest BCUT2D eigenvalue weighted by Crippen LogP contribution is 2.61. The lowest BCUT2D eigenvalue weighted by atomic mass is 9.56. The van der Waals surface area contributed by atoms with Crippen LogP contribution in [0, 0.1) is 22.7 Å². The molecule has 15 heteroatoms. The normalized spacial score (nSPS) is 30.3. The van der Waals surface area contributed by atoms with Gasteiger partial charge in [-0.3, -0.25) is 9.59 Å². The fraction of sp³-hybridized carbons (Fsp3) is 0.435. The maximum Gasteiger partial charge on any atom is 0.387 e. The number of phenols is 1. The zero-order valence-electron chi connectivity index (χ0n) is 33.8. The number of aromatic hydroxyl groups is 1. The van der Waals surface area contributed by atoms with Crippen molar-refractivity contribution in [2.24, 2.45) is 22.7 Å². The average molecular weight is 945 g/mol. The number of phenolic OH excluding ortho intramolecular Hbond substituents is 1. The average Bonchev–Trinajstić information content (AvgIpc) is 3.56. The molecule has 8 rings (SSSR count). The first kappa shape index (κ1) is 47.1. The van der Waals surface area contributed by atoms with Crippen LogP contribution < -0.4 is 15.4 Å². The zero-order chi connectivity index (χ0) is 44.6. The molecule has 2 amide bonds. The monoisotopic (exact) mass is 942 g/mol. The van der Waals surface area contributed by atoms with Crippen LogP contribution in [-0.4, -0.2) is 41.5 Å². The number of hydrogen-bond acceptors (Lipinski definition) is 4. The first-order chi connectivity index (χ1) is 28.7. The van der Waals surface area contributed by atoms with E-state index in [2.05, 4.69) is 53.0 Å². The summed E-state index contributed by atoms with van der Waals surface area (Å²) in [4.78, 5) is 25.5. The Balaban J connectivity index is 0.000000189. The van der Waals surface area contributed by atoms with Crippen molar-refractivity contribution in [1.29, 1.82) is 0 Å². The van der Waals surface area contributed by atoms with E-state index < -0.39 is 17.9 Å². The Morgan fingerprint density at radius 2 is 1.05 bits per heavy atom. The number of halogens is 9. The molecule has 0 aromatic heterocycles. The third kappa shape index (κ3) is 9.89. The number of nitrogens with one attached hydrogen (secondary N) is 2. The first-order valence-corrected chi connectivity index (χ1v) is 22.0. The van der Waals surface area contributed by atoms with Crippen LogP contribution in [0.2, 0.25) is 20.1 Å². The van der Waals surface area contributed by atoms with Gasteiger partial charge in [-0.05, 0) is 134 Å². The van der Waals surface area contributed by atoms with Crippen molar-refractivity contribution in [3.05, 3.63) is 127 Å². The zero-order valence-corrected chi connectivity index (χ0v) is 37.5. The maximum absolute atomic E-state index is 12.8. The summed E-state index contributed by atoms with van der Waals surface area (Å²) >= 11 is 29.2. The van der Waals surface area contributed by atoms with Crippen molar-refractivity contribution in [2.45, 2.75) is 102 Å². The fourth-order valence-corrected chi connectivity index (χ4v) is 11.7. The Kier molecular flexibility index (Phi) is 14.8. The molecule has 4 aromatic carbocycles. The van der Waals surface area contributed by atoms with E-state index in [0.29, 0.717) is 20.1 Å². The largest absolute Gasteiger partial charge is 0.508 e. The molecule has 2 aliphatic carbocycles. The molecular weight excluding hydrogens is 898 g/mol. The second-order valence-electron chi connectivity index (χ2n) is 16.9. The van der Waals surface area contributed by atoms with Crippen molar-refractivity contribution in [3.8, 4) is 11.5 Å². The van der Waals surface area contributed by atoms with Gasteiger partial charge in [-0.1, -0.05) is 108 Å². The SMILES string of the molecule is C[C@H]1NC(=O)[C@]2(C)CC[C@@H](c3ccc(O)cc3Cl)[C@H](c3ccc(Cl)cc3)[C@H]12.C[C@H]1NC(=O)[C@]2(C)CC[C@@H](c3ccc(OC(F)F)cc3Cl)[C@H](c3ccc(Cl)cc3)[C@H]12.FC(F)Cl. The van der Waals surface area contributed by atoms with Crippen molar-refractivity contribution in [3.63, 3.8) is 0 Å². The summed E-state index contributed by atoms with van der Waals surface area (Å²) in [5.41, 5.74) is 3.32. The molecule has 2 heterocycles. The van der Waals surface area contributed by atoms with E-state index >= 15 is 0 Å². The van der Waals surface area contributed by atoms with Crippen molar-refractivity contribution < 1.29 is 37.0 Å². The molecule has 4 aliphatic rings. The predicted molar refractivity (Wildman–Crippen MR) is 234 cm³/mol. The van der Waals surface area contributed by atoms with Gasteiger partial charge in [-0.2, -0.15) is 17.6 Å². The summed E-state index contributed by atoms with van der Waals surface area (Å²) in [5, 5.41) is 18.4. The number of benzene rings is 4. The highest BCUT2D eigenvalue weighted by atomic mass is 35.5. The molecule has 0 unspecified atom stereocenters. The van der Waals surface area contributed by atoms with E-state index in [9.17, 15) is 32.3 Å². The summed E-state index contributed by atoms with van der Waals surface area (Å²) in [6.45, 7) is 5.36. The number of fused-ring (bicyclic) bond motifs is 2. The Hall–Kier alpha value is -3.41. The number of ether oxygens (including phenoxy) is 1. The number of rotatable bonds is 6. The summed E-state index contributed by atoms with van der Waals surface area (Å²) < 4.78 is 49.8. The highest BCUT2D eigenvalue weighted by Gasteiger charge is 2.59. The Labute approximate surface area is 378 Å². The van der Waals surface area contributed by atoms with Gasteiger partial charge in [0, 0.05) is 44.0 Å². The Morgan fingerprint density at radius 3 is 1.43 bits per heavy atom. The molecule has 0 spiro atoms. The van der Waals surface area contributed by atoms with Gasteiger partial charge in [0.05, 0.1) is 10.8 Å². The van der Waals surface area contributed by atoms with Gasteiger partial charge in [0.1, 0.15) is 11.5 Å². The molecule has 0 bridgehead atoms. The van der Waals surface area contributed by atoms with Gasteiger partial charge in [0.15, 0.2) is 0 Å². The third-order valence-corrected chi connectivity index (χ3v) is 14.5. The van der Waals surface area contributed by atoms with Gasteiger partial charge in [-0.25, -0.2) is 0 Å². The minimum atomic E-state index is -2.90. The molecule has 4 fully saturated rings. The summed E-state index contributed by atoms with van der Waals surface area (Å²) in [7, 11) is 0. The number of hydrogen-bond donors (Lipinski definition) is 3. The molecule has 10 atom stereocenters. The van der Waals surface area contributed by atoms with Crippen molar-refractivity contribution >= 4 is 69.8 Å². The van der Waals surface area contributed by atoms with Gasteiger partial charge < -0.3 is 20.5 Å².